The molecule has 1 fully saturated rings. The summed E-state index contributed by atoms with van der Waals surface area (Å²) in [5.74, 6) is 2.60. The molecule has 1 amide bonds. The van der Waals surface area contributed by atoms with Crippen LogP contribution < -0.4 is 0 Å². The predicted molar refractivity (Wildman–Crippen MR) is 62.9 cm³/mol. The highest BCUT2D eigenvalue weighted by Crippen LogP contribution is 2.29. The molecule has 0 saturated carbocycles. The van der Waals surface area contributed by atoms with Gasteiger partial charge in [-0.1, -0.05) is 6.92 Å². The molecule has 0 N–H and O–H groups in total. The van der Waals surface area contributed by atoms with Crippen LogP contribution in [0, 0.1) is 5.92 Å². The molecular formula is C11H19NO2S. The molecule has 0 aliphatic carbocycles. The molecule has 3 nitrogen and oxygen atoms in total. The summed E-state index contributed by atoms with van der Waals surface area (Å²) in [6.07, 6.45) is 0. The minimum atomic E-state index is -0.284. The molecule has 4 heteroatoms. The molecule has 0 radical (unpaired) electrons. The third-order valence-corrected chi connectivity index (χ3v) is 4.39. The first kappa shape index (κ1) is 12.6. The number of amides is 1. The summed E-state index contributed by atoms with van der Waals surface area (Å²) in [7, 11) is 0. The number of carbonyl (C=O) groups excluding carboxylic acids is 2. The summed E-state index contributed by atoms with van der Waals surface area (Å²) < 4.78 is 0. The molecule has 1 heterocycles. The number of ketones is 1. The summed E-state index contributed by atoms with van der Waals surface area (Å²) in [5, 5.41) is 0. The molecule has 1 aliphatic rings. The normalized spacial score (nSPS) is 27.5. The molecule has 0 aromatic carbocycles. The first-order valence-electron chi connectivity index (χ1n) is 5.32. The fourth-order valence-electron chi connectivity index (χ4n) is 1.99. The molecule has 0 spiro atoms. The molecule has 0 bridgehead atoms. The number of Topliss-reactive ketones (excluding diaryl/α,β-unsaturated/α-hetero) is 1. The van der Waals surface area contributed by atoms with Gasteiger partial charge in [0.1, 0.15) is 0 Å². The summed E-state index contributed by atoms with van der Waals surface area (Å²) in [5.41, 5.74) is 0. The molecular weight excluding hydrogens is 210 g/mol. The van der Waals surface area contributed by atoms with Crippen molar-refractivity contribution in [3.8, 4) is 0 Å². The fraction of sp³-hybridized carbons (Fsp3) is 0.818. The van der Waals surface area contributed by atoms with Crippen LogP contribution in [0.4, 0.5) is 0 Å². The minimum absolute atomic E-state index is 0.0112. The van der Waals surface area contributed by atoms with Gasteiger partial charge in [-0.05, 0) is 25.5 Å². The zero-order chi connectivity index (χ0) is 11.6. The van der Waals surface area contributed by atoms with E-state index in [2.05, 4.69) is 6.92 Å². The monoisotopic (exact) mass is 229 g/mol. The molecule has 0 aromatic rings. The molecule has 15 heavy (non-hydrogen) atoms. The molecule has 3 unspecified atom stereocenters. The molecule has 0 aromatic heterocycles. The van der Waals surface area contributed by atoms with Crippen LogP contribution >= 0.6 is 11.8 Å². The van der Waals surface area contributed by atoms with Crippen molar-refractivity contribution in [2.45, 2.75) is 39.8 Å². The van der Waals surface area contributed by atoms with E-state index < -0.39 is 0 Å². The van der Waals surface area contributed by atoms with Crippen molar-refractivity contribution < 1.29 is 9.59 Å². The minimum Gasteiger partial charge on any atom is -0.329 e. The number of hydrogen-bond acceptors (Lipinski definition) is 3. The number of thioether (sulfide) groups is 1. The zero-order valence-electron chi connectivity index (χ0n) is 9.82. The maximum Gasteiger partial charge on any atom is 0.220 e. The Kier molecular flexibility index (Phi) is 4.20. The van der Waals surface area contributed by atoms with Crippen LogP contribution in [0.2, 0.25) is 0 Å². The third kappa shape index (κ3) is 2.74. The predicted octanol–water partition coefficient (Wildman–Crippen LogP) is 1.56. The topological polar surface area (TPSA) is 37.4 Å². The first-order chi connectivity index (χ1) is 6.95. The van der Waals surface area contributed by atoms with Crippen LogP contribution in [-0.2, 0) is 9.59 Å². The quantitative estimate of drug-likeness (QED) is 0.737. The van der Waals surface area contributed by atoms with Crippen LogP contribution in [-0.4, -0.2) is 40.2 Å². The van der Waals surface area contributed by atoms with Crippen LogP contribution in [0.25, 0.3) is 0 Å². The Morgan fingerprint density at radius 3 is 2.27 bits per heavy atom. The van der Waals surface area contributed by atoms with E-state index >= 15 is 0 Å². The summed E-state index contributed by atoms with van der Waals surface area (Å²) in [4.78, 5) is 24.7. The Hall–Kier alpha value is -0.510. The van der Waals surface area contributed by atoms with Gasteiger partial charge in [0.25, 0.3) is 0 Å². The van der Waals surface area contributed by atoms with Crippen molar-refractivity contribution >= 4 is 23.5 Å². The van der Waals surface area contributed by atoms with Crippen molar-refractivity contribution in [3.05, 3.63) is 0 Å². The highest BCUT2D eigenvalue weighted by Gasteiger charge is 2.35. The largest absolute Gasteiger partial charge is 0.329 e. The number of hydrogen-bond donors (Lipinski definition) is 0. The SMILES string of the molecule is CC(=O)C(C)N(C(C)=O)C1CSCC1C. The third-order valence-electron chi connectivity index (χ3n) is 3.05. The molecule has 1 saturated heterocycles. The van der Waals surface area contributed by atoms with E-state index in [9.17, 15) is 9.59 Å². The summed E-state index contributed by atoms with van der Waals surface area (Å²) >= 11 is 1.86. The van der Waals surface area contributed by atoms with Crippen LogP contribution in [0.1, 0.15) is 27.7 Å². The Morgan fingerprint density at radius 1 is 1.33 bits per heavy atom. The molecule has 86 valence electrons. The standard InChI is InChI=1S/C11H19NO2S/c1-7-5-15-6-11(7)12(10(4)14)8(2)9(3)13/h7-8,11H,5-6H2,1-4H3. The van der Waals surface area contributed by atoms with Crippen molar-refractivity contribution in [3.63, 3.8) is 0 Å². The average molecular weight is 229 g/mol. The van der Waals surface area contributed by atoms with Crippen LogP contribution in [0.5, 0.6) is 0 Å². The second-order valence-corrected chi connectivity index (χ2v) is 5.37. The highest BCUT2D eigenvalue weighted by molar-refractivity contribution is 7.99. The highest BCUT2D eigenvalue weighted by atomic mass is 32.2. The molecule has 3 atom stereocenters. The van der Waals surface area contributed by atoms with Gasteiger partial charge < -0.3 is 4.90 Å². The van der Waals surface area contributed by atoms with E-state index in [1.807, 2.05) is 18.7 Å². The molecule has 1 aliphatic heterocycles. The Balaban J connectivity index is 2.82. The van der Waals surface area contributed by atoms with Gasteiger partial charge in [-0.25, -0.2) is 0 Å². The van der Waals surface area contributed by atoms with E-state index in [0.29, 0.717) is 5.92 Å². The van der Waals surface area contributed by atoms with Gasteiger partial charge in [0, 0.05) is 18.7 Å². The Bertz CT molecular complexity index is 267. The second kappa shape index (κ2) is 5.01. The van der Waals surface area contributed by atoms with E-state index in [1.54, 1.807) is 18.7 Å². The van der Waals surface area contributed by atoms with E-state index in [-0.39, 0.29) is 23.8 Å². The van der Waals surface area contributed by atoms with Gasteiger partial charge in [-0.15, -0.1) is 0 Å². The van der Waals surface area contributed by atoms with Gasteiger partial charge in [0.05, 0.1) is 6.04 Å². The van der Waals surface area contributed by atoms with E-state index in [0.717, 1.165) is 11.5 Å². The van der Waals surface area contributed by atoms with Crippen molar-refractivity contribution in [1.29, 1.82) is 0 Å². The lowest BCUT2D eigenvalue weighted by molar-refractivity contribution is -0.139. The van der Waals surface area contributed by atoms with Gasteiger partial charge in [0.2, 0.25) is 5.91 Å². The Morgan fingerprint density at radius 2 is 1.93 bits per heavy atom. The zero-order valence-corrected chi connectivity index (χ0v) is 10.6. The van der Waals surface area contributed by atoms with E-state index in [4.69, 9.17) is 0 Å². The Labute approximate surface area is 95.6 Å². The van der Waals surface area contributed by atoms with Gasteiger partial charge in [0.15, 0.2) is 5.78 Å². The lowest BCUT2D eigenvalue weighted by atomic mass is 10.0. The maximum atomic E-state index is 11.6. The first-order valence-corrected chi connectivity index (χ1v) is 6.47. The van der Waals surface area contributed by atoms with Gasteiger partial charge in [-0.3, -0.25) is 9.59 Å². The lowest BCUT2D eigenvalue weighted by Crippen LogP contribution is -2.50. The fourth-order valence-corrected chi connectivity index (χ4v) is 3.45. The maximum absolute atomic E-state index is 11.6. The second-order valence-electron chi connectivity index (χ2n) is 4.30. The van der Waals surface area contributed by atoms with Crippen molar-refractivity contribution in [2.75, 3.05) is 11.5 Å². The lowest BCUT2D eigenvalue weighted by Gasteiger charge is -2.34. The van der Waals surface area contributed by atoms with Gasteiger partial charge >= 0.3 is 0 Å². The average Bonchev–Trinajstić information content (AvgIpc) is 2.52. The number of nitrogens with zero attached hydrogens (tertiary/aromatic N) is 1. The summed E-state index contributed by atoms with van der Waals surface area (Å²) in [6, 6.07) is -0.0555. The van der Waals surface area contributed by atoms with E-state index in [1.165, 1.54) is 0 Å². The van der Waals surface area contributed by atoms with Crippen LogP contribution in [0.3, 0.4) is 0 Å². The smallest absolute Gasteiger partial charge is 0.220 e. The van der Waals surface area contributed by atoms with Crippen LogP contribution in [0.15, 0.2) is 0 Å². The molecule has 1 rings (SSSR count). The van der Waals surface area contributed by atoms with Crippen molar-refractivity contribution in [2.24, 2.45) is 5.92 Å². The van der Waals surface area contributed by atoms with Gasteiger partial charge in [-0.2, -0.15) is 11.8 Å². The number of rotatable bonds is 3. The number of carbonyl (C=O) groups is 2. The van der Waals surface area contributed by atoms with Crippen molar-refractivity contribution in [1.82, 2.24) is 4.90 Å². The summed E-state index contributed by atoms with van der Waals surface area (Å²) in [6.45, 7) is 7.06.